The van der Waals surface area contributed by atoms with Crippen LogP contribution in [0.4, 0.5) is 10.1 Å². The maximum Gasteiger partial charge on any atom is 0.249 e. The van der Waals surface area contributed by atoms with E-state index in [2.05, 4.69) is 20.7 Å². The van der Waals surface area contributed by atoms with E-state index in [9.17, 15) is 14.0 Å². The van der Waals surface area contributed by atoms with Gasteiger partial charge in [0, 0.05) is 10.7 Å². The Labute approximate surface area is 217 Å². The molecule has 1 atom stereocenters. The Morgan fingerprint density at radius 2 is 1.70 bits per heavy atom. The lowest BCUT2D eigenvalue weighted by Gasteiger charge is -2.19. The first kappa shape index (κ1) is 25.8. The van der Waals surface area contributed by atoms with Gasteiger partial charge in [0.2, 0.25) is 11.8 Å². The SMILES string of the molecule is O=C(Cn1cncn1)N[C@@H](COCc1ccccc1Cl)C(=O)Nc1ccc(Oc2ccc(F)cc2)cc1. The third kappa shape index (κ3) is 7.86. The zero-order chi connectivity index (χ0) is 26.0. The van der Waals surface area contributed by atoms with Gasteiger partial charge in [-0.05, 0) is 60.2 Å². The van der Waals surface area contributed by atoms with Gasteiger partial charge in [0.05, 0.1) is 13.2 Å². The summed E-state index contributed by atoms with van der Waals surface area (Å²) in [5.41, 5.74) is 1.24. The second-order valence-electron chi connectivity index (χ2n) is 7.89. The molecule has 0 saturated carbocycles. The predicted molar refractivity (Wildman–Crippen MR) is 135 cm³/mol. The molecule has 2 amide bonds. The lowest BCUT2D eigenvalue weighted by atomic mass is 10.2. The molecule has 0 fully saturated rings. The number of aromatic nitrogens is 3. The van der Waals surface area contributed by atoms with Crippen LogP contribution >= 0.6 is 11.6 Å². The van der Waals surface area contributed by atoms with Crippen LogP contribution in [0.3, 0.4) is 0 Å². The molecule has 4 aromatic rings. The summed E-state index contributed by atoms with van der Waals surface area (Å²) in [5.74, 6) is -0.285. The van der Waals surface area contributed by atoms with Gasteiger partial charge >= 0.3 is 0 Å². The van der Waals surface area contributed by atoms with E-state index in [1.807, 2.05) is 18.2 Å². The zero-order valence-corrected chi connectivity index (χ0v) is 20.3. The lowest BCUT2D eigenvalue weighted by molar-refractivity contribution is -0.128. The molecule has 0 bridgehead atoms. The Kier molecular flexibility index (Phi) is 8.79. The summed E-state index contributed by atoms with van der Waals surface area (Å²) in [5, 5.41) is 9.88. The van der Waals surface area contributed by atoms with Crippen molar-refractivity contribution in [2.24, 2.45) is 0 Å². The summed E-state index contributed by atoms with van der Waals surface area (Å²) < 4.78 is 25.8. The quantitative estimate of drug-likeness (QED) is 0.305. The van der Waals surface area contributed by atoms with Gasteiger partial charge in [0.25, 0.3) is 0 Å². The van der Waals surface area contributed by atoms with Crippen LogP contribution in [0.2, 0.25) is 5.02 Å². The number of benzene rings is 3. The summed E-state index contributed by atoms with van der Waals surface area (Å²) in [4.78, 5) is 29.3. The van der Waals surface area contributed by atoms with Crippen molar-refractivity contribution in [2.45, 2.75) is 19.2 Å². The fourth-order valence-corrected chi connectivity index (χ4v) is 3.45. The second-order valence-corrected chi connectivity index (χ2v) is 8.30. The number of carbonyl (C=O) groups excluding carboxylic acids is 2. The Morgan fingerprint density at radius 1 is 1.00 bits per heavy atom. The third-order valence-electron chi connectivity index (χ3n) is 5.10. The predicted octanol–water partition coefficient (Wildman–Crippen LogP) is 4.20. The molecule has 0 aliphatic rings. The fourth-order valence-electron chi connectivity index (χ4n) is 3.26. The van der Waals surface area contributed by atoms with Crippen LogP contribution in [-0.2, 0) is 27.5 Å². The molecule has 37 heavy (non-hydrogen) atoms. The number of carbonyl (C=O) groups is 2. The number of anilines is 1. The molecule has 0 spiro atoms. The van der Waals surface area contributed by atoms with E-state index in [0.29, 0.717) is 22.2 Å². The largest absolute Gasteiger partial charge is 0.457 e. The van der Waals surface area contributed by atoms with Gasteiger partial charge in [-0.15, -0.1) is 0 Å². The maximum absolute atomic E-state index is 13.1. The first-order valence-electron chi connectivity index (χ1n) is 11.2. The summed E-state index contributed by atoms with van der Waals surface area (Å²) in [6.45, 7) is -0.0343. The molecule has 0 radical (unpaired) electrons. The molecular weight excluding hydrogens is 501 g/mol. The monoisotopic (exact) mass is 523 g/mol. The molecule has 9 nitrogen and oxygen atoms in total. The van der Waals surface area contributed by atoms with Crippen molar-refractivity contribution >= 4 is 29.1 Å². The molecule has 1 heterocycles. The molecule has 4 rings (SSSR count). The topological polar surface area (TPSA) is 107 Å². The summed E-state index contributed by atoms with van der Waals surface area (Å²) >= 11 is 6.17. The summed E-state index contributed by atoms with van der Waals surface area (Å²) in [6.07, 6.45) is 2.71. The fraction of sp³-hybridized carbons (Fsp3) is 0.154. The van der Waals surface area contributed by atoms with Gasteiger partial charge in [0.1, 0.15) is 42.6 Å². The summed E-state index contributed by atoms with van der Waals surface area (Å²) in [7, 11) is 0. The highest BCUT2D eigenvalue weighted by molar-refractivity contribution is 6.31. The molecule has 190 valence electrons. The molecule has 0 unspecified atom stereocenters. The number of ether oxygens (including phenoxy) is 2. The van der Waals surface area contributed by atoms with Gasteiger partial charge in [-0.3, -0.25) is 9.59 Å². The van der Waals surface area contributed by atoms with Crippen molar-refractivity contribution in [3.05, 3.63) is 102 Å². The van der Waals surface area contributed by atoms with E-state index in [1.54, 1.807) is 30.3 Å². The third-order valence-corrected chi connectivity index (χ3v) is 5.46. The van der Waals surface area contributed by atoms with Crippen LogP contribution in [0, 0.1) is 5.82 Å². The van der Waals surface area contributed by atoms with Crippen molar-refractivity contribution in [1.29, 1.82) is 0 Å². The minimum absolute atomic E-state index is 0.0914. The highest BCUT2D eigenvalue weighted by Gasteiger charge is 2.22. The summed E-state index contributed by atoms with van der Waals surface area (Å²) in [6, 6.07) is 18.4. The molecule has 0 aliphatic carbocycles. The van der Waals surface area contributed by atoms with E-state index in [4.69, 9.17) is 21.1 Å². The number of nitrogens with zero attached hydrogens (tertiary/aromatic N) is 3. The van der Waals surface area contributed by atoms with E-state index >= 15 is 0 Å². The number of rotatable bonds is 11. The second kappa shape index (κ2) is 12.6. The van der Waals surface area contributed by atoms with E-state index < -0.39 is 17.9 Å². The maximum atomic E-state index is 13.1. The van der Waals surface area contributed by atoms with Crippen LogP contribution in [0.15, 0.2) is 85.5 Å². The highest BCUT2D eigenvalue weighted by atomic mass is 35.5. The van der Waals surface area contributed by atoms with E-state index in [0.717, 1.165) is 5.56 Å². The number of hydrogen-bond acceptors (Lipinski definition) is 6. The van der Waals surface area contributed by atoms with Gasteiger partial charge in [-0.1, -0.05) is 29.8 Å². The molecule has 2 N–H and O–H groups in total. The van der Waals surface area contributed by atoms with Crippen molar-refractivity contribution in [3.63, 3.8) is 0 Å². The Hall–Kier alpha value is -4.28. The van der Waals surface area contributed by atoms with Crippen LogP contribution in [0.1, 0.15) is 5.56 Å². The van der Waals surface area contributed by atoms with E-state index in [-0.39, 0.29) is 25.6 Å². The van der Waals surface area contributed by atoms with Gasteiger partial charge in [-0.25, -0.2) is 14.1 Å². The average Bonchev–Trinajstić information content (AvgIpc) is 3.40. The molecular formula is C26H23ClFN5O4. The lowest BCUT2D eigenvalue weighted by Crippen LogP contribution is -2.47. The van der Waals surface area contributed by atoms with E-state index in [1.165, 1.54) is 41.6 Å². The van der Waals surface area contributed by atoms with Crippen molar-refractivity contribution in [2.75, 3.05) is 11.9 Å². The van der Waals surface area contributed by atoms with Crippen molar-refractivity contribution in [1.82, 2.24) is 20.1 Å². The Bertz CT molecular complexity index is 1320. The normalized spacial score (nSPS) is 11.5. The number of halogens is 2. The first-order chi connectivity index (χ1) is 18.0. The van der Waals surface area contributed by atoms with Crippen molar-refractivity contribution < 1.29 is 23.5 Å². The van der Waals surface area contributed by atoms with Crippen LogP contribution in [-0.4, -0.2) is 39.2 Å². The first-order valence-corrected chi connectivity index (χ1v) is 11.6. The smallest absolute Gasteiger partial charge is 0.249 e. The highest BCUT2D eigenvalue weighted by Crippen LogP contribution is 2.23. The molecule has 11 heteroatoms. The van der Waals surface area contributed by atoms with Gasteiger partial charge in [0.15, 0.2) is 0 Å². The van der Waals surface area contributed by atoms with Gasteiger partial charge < -0.3 is 20.1 Å². The standard InChI is InChI=1S/C26H23ClFN5O4/c27-23-4-2-1-3-18(23)14-36-15-24(32-25(34)13-33-17-29-16-30-33)26(35)31-20-7-11-22(12-8-20)37-21-9-5-19(28)6-10-21/h1-12,16-17,24H,13-15H2,(H,31,35)(H,32,34)/t24-/m0/s1. The zero-order valence-electron chi connectivity index (χ0n) is 19.5. The minimum Gasteiger partial charge on any atom is -0.457 e. The molecule has 0 saturated heterocycles. The van der Waals surface area contributed by atoms with Crippen LogP contribution < -0.4 is 15.4 Å². The van der Waals surface area contributed by atoms with Crippen molar-refractivity contribution in [3.8, 4) is 11.5 Å². The number of hydrogen-bond donors (Lipinski definition) is 2. The van der Waals surface area contributed by atoms with Crippen LogP contribution in [0.5, 0.6) is 11.5 Å². The number of nitrogens with one attached hydrogen (secondary N) is 2. The van der Waals surface area contributed by atoms with Crippen LogP contribution in [0.25, 0.3) is 0 Å². The van der Waals surface area contributed by atoms with Gasteiger partial charge in [-0.2, -0.15) is 5.10 Å². The average molecular weight is 524 g/mol. The molecule has 0 aliphatic heterocycles. The Morgan fingerprint density at radius 3 is 2.38 bits per heavy atom. The molecule has 3 aromatic carbocycles. The Balaban J connectivity index is 1.38. The minimum atomic E-state index is -0.992. The number of amides is 2. The molecule has 1 aromatic heterocycles.